The molecule has 0 radical (unpaired) electrons. The third kappa shape index (κ3) is 3.35. The summed E-state index contributed by atoms with van der Waals surface area (Å²) in [4.78, 5) is 16.1. The summed E-state index contributed by atoms with van der Waals surface area (Å²) in [6.45, 7) is 0.487. The van der Waals surface area contributed by atoms with Gasteiger partial charge in [0, 0.05) is 11.5 Å². The van der Waals surface area contributed by atoms with Crippen LogP contribution in [0.5, 0.6) is 0 Å². The van der Waals surface area contributed by atoms with Gasteiger partial charge in [-0.05, 0) is 41.6 Å². The maximum Gasteiger partial charge on any atom is 0.277 e. The number of amides is 1. The molecule has 3 rings (SSSR count). The number of likely N-dealkylation sites (N-methyl/N-ethyl adjacent to an activating group) is 1. The minimum absolute atomic E-state index is 0.0655. The summed E-state index contributed by atoms with van der Waals surface area (Å²) in [6, 6.07) is 17.7. The number of halogens is 1. The van der Waals surface area contributed by atoms with Gasteiger partial charge in [-0.15, -0.1) is 0 Å². The van der Waals surface area contributed by atoms with Crippen molar-refractivity contribution in [2.45, 2.75) is 6.54 Å². The zero-order valence-corrected chi connectivity index (χ0v) is 15.0. The van der Waals surface area contributed by atoms with Crippen LogP contribution in [-0.2, 0) is 11.3 Å². The maximum absolute atomic E-state index is 12.7. The summed E-state index contributed by atoms with van der Waals surface area (Å²) in [7, 11) is 1.83. The number of rotatable bonds is 3. The van der Waals surface area contributed by atoms with Crippen molar-refractivity contribution in [3.05, 3.63) is 75.9 Å². The summed E-state index contributed by atoms with van der Waals surface area (Å²) >= 11 is 8.85. The van der Waals surface area contributed by atoms with Crippen molar-refractivity contribution in [1.29, 1.82) is 0 Å². The van der Waals surface area contributed by atoms with E-state index in [9.17, 15) is 4.79 Å². The predicted molar refractivity (Wildman–Crippen MR) is 99.5 cm³/mol. The fourth-order valence-electron chi connectivity index (χ4n) is 2.43. The van der Waals surface area contributed by atoms with Gasteiger partial charge in [-0.2, -0.15) is 0 Å². The van der Waals surface area contributed by atoms with Crippen LogP contribution in [0.15, 0.2) is 64.8 Å². The molecule has 116 valence electrons. The summed E-state index contributed by atoms with van der Waals surface area (Å²) < 4.78 is 1.01. The molecule has 0 bridgehead atoms. The number of hydrogen-bond acceptors (Lipinski definition) is 2. The molecule has 1 heterocycles. The van der Waals surface area contributed by atoms with E-state index in [4.69, 9.17) is 12.2 Å². The van der Waals surface area contributed by atoms with Gasteiger partial charge >= 0.3 is 0 Å². The molecule has 1 aliphatic heterocycles. The molecule has 0 aromatic heterocycles. The third-order valence-corrected chi connectivity index (χ3v) is 4.72. The zero-order valence-electron chi connectivity index (χ0n) is 12.6. The van der Waals surface area contributed by atoms with Crippen molar-refractivity contribution in [2.24, 2.45) is 0 Å². The lowest BCUT2D eigenvalue weighted by molar-refractivity contribution is -0.122. The Morgan fingerprint density at radius 3 is 2.39 bits per heavy atom. The molecule has 5 heteroatoms. The van der Waals surface area contributed by atoms with Crippen LogP contribution in [-0.4, -0.2) is 27.9 Å². The van der Waals surface area contributed by atoms with E-state index >= 15 is 0 Å². The average molecular weight is 387 g/mol. The maximum atomic E-state index is 12.7. The van der Waals surface area contributed by atoms with Crippen molar-refractivity contribution in [3.63, 3.8) is 0 Å². The third-order valence-electron chi connectivity index (χ3n) is 3.70. The Labute approximate surface area is 149 Å². The molecule has 0 aliphatic carbocycles. The van der Waals surface area contributed by atoms with Crippen molar-refractivity contribution >= 4 is 45.2 Å². The Bertz CT molecular complexity index is 771. The molecule has 1 aliphatic rings. The molecule has 0 N–H and O–H groups in total. The molecule has 0 atom stereocenters. The van der Waals surface area contributed by atoms with Crippen LogP contribution in [0.25, 0.3) is 6.08 Å². The van der Waals surface area contributed by atoms with Crippen molar-refractivity contribution < 1.29 is 4.79 Å². The van der Waals surface area contributed by atoms with Crippen molar-refractivity contribution in [1.82, 2.24) is 9.80 Å². The molecular weight excluding hydrogens is 372 g/mol. The molecule has 0 spiro atoms. The molecule has 3 nitrogen and oxygen atoms in total. The molecule has 23 heavy (non-hydrogen) atoms. The number of benzene rings is 2. The highest BCUT2D eigenvalue weighted by molar-refractivity contribution is 9.10. The highest BCUT2D eigenvalue weighted by Gasteiger charge is 2.35. The molecule has 1 saturated heterocycles. The second-order valence-corrected chi connectivity index (χ2v) is 6.58. The van der Waals surface area contributed by atoms with Crippen LogP contribution in [0, 0.1) is 0 Å². The van der Waals surface area contributed by atoms with E-state index in [2.05, 4.69) is 15.9 Å². The first-order valence-corrected chi connectivity index (χ1v) is 8.37. The predicted octanol–water partition coefficient (Wildman–Crippen LogP) is 4.05. The molecule has 2 aromatic carbocycles. The van der Waals surface area contributed by atoms with Gasteiger partial charge in [-0.3, -0.25) is 9.69 Å². The molecule has 1 amide bonds. The quantitative estimate of drug-likeness (QED) is 0.587. The van der Waals surface area contributed by atoms with Crippen LogP contribution in [0.1, 0.15) is 11.1 Å². The van der Waals surface area contributed by atoms with Gasteiger partial charge < -0.3 is 4.90 Å². The Morgan fingerprint density at radius 2 is 1.74 bits per heavy atom. The number of nitrogens with zero attached hydrogens (tertiary/aromatic N) is 2. The normalized spacial score (nSPS) is 16.5. The fourth-order valence-corrected chi connectivity index (χ4v) is 2.94. The second-order valence-electron chi connectivity index (χ2n) is 5.30. The molecule has 0 unspecified atom stereocenters. The standard InChI is InChI=1S/C18H15BrN2OS/c1-20-16(11-13-7-9-15(19)10-8-13)17(22)21(18(20)23)12-14-5-3-2-4-6-14/h2-11H,12H2,1H3/b16-11-. The summed E-state index contributed by atoms with van der Waals surface area (Å²) in [6.07, 6.45) is 1.87. The monoisotopic (exact) mass is 386 g/mol. The van der Waals surface area contributed by atoms with Crippen molar-refractivity contribution in [2.75, 3.05) is 7.05 Å². The van der Waals surface area contributed by atoms with Crippen LogP contribution in [0.3, 0.4) is 0 Å². The summed E-state index contributed by atoms with van der Waals surface area (Å²) in [5.74, 6) is -0.0655. The van der Waals surface area contributed by atoms with E-state index in [0.29, 0.717) is 17.4 Å². The topological polar surface area (TPSA) is 23.6 Å². The zero-order chi connectivity index (χ0) is 16.4. The highest BCUT2D eigenvalue weighted by Crippen LogP contribution is 2.24. The Balaban J connectivity index is 1.87. The van der Waals surface area contributed by atoms with Crippen LogP contribution in [0.4, 0.5) is 0 Å². The largest absolute Gasteiger partial charge is 0.317 e. The SMILES string of the molecule is CN1C(=S)N(Cc2ccccc2)C(=O)/C1=C/c1ccc(Br)cc1. The number of carbonyl (C=O) groups is 1. The average Bonchev–Trinajstić information content (AvgIpc) is 2.76. The van der Waals surface area contributed by atoms with Gasteiger partial charge in [0.05, 0.1) is 6.54 Å². The first-order valence-electron chi connectivity index (χ1n) is 7.17. The van der Waals surface area contributed by atoms with Gasteiger partial charge in [-0.25, -0.2) is 0 Å². The first kappa shape index (κ1) is 15.9. The lowest BCUT2D eigenvalue weighted by Gasteiger charge is -2.16. The molecule has 2 aromatic rings. The Kier molecular flexibility index (Phi) is 4.59. The molecular formula is C18H15BrN2OS. The highest BCUT2D eigenvalue weighted by atomic mass is 79.9. The molecule has 1 fully saturated rings. The van der Waals surface area contributed by atoms with Crippen LogP contribution in [0.2, 0.25) is 0 Å². The van der Waals surface area contributed by atoms with E-state index in [1.807, 2.05) is 67.7 Å². The van der Waals surface area contributed by atoms with E-state index in [1.165, 1.54) is 0 Å². The lowest BCUT2D eigenvalue weighted by Crippen LogP contribution is -2.30. The van der Waals surface area contributed by atoms with E-state index in [1.54, 1.807) is 9.80 Å². The van der Waals surface area contributed by atoms with Crippen LogP contribution >= 0.6 is 28.1 Å². The minimum Gasteiger partial charge on any atom is -0.317 e. The molecule has 0 saturated carbocycles. The summed E-state index contributed by atoms with van der Waals surface area (Å²) in [5.41, 5.74) is 2.61. The van der Waals surface area contributed by atoms with Crippen LogP contribution < -0.4 is 0 Å². The lowest BCUT2D eigenvalue weighted by atomic mass is 10.2. The smallest absolute Gasteiger partial charge is 0.277 e. The van der Waals surface area contributed by atoms with E-state index in [0.717, 1.165) is 15.6 Å². The number of hydrogen-bond donors (Lipinski definition) is 0. The Hall–Kier alpha value is -1.98. The first-order chi connectivity index (χ1) is 11.1. The van der Waals surface area contributed by atoms with Gasteiger partial charge in [0.2, 0.25) is 0 Å². The Morgan fingerprint density at radius 1 is 1.09 bits per heavy atom. The second kappa shape index (κ2) is 6.64. The minimum atomic E-state index is -0.0655. The fraction of sp³-hybridized carbons (Fsp3) is 0.111. The summed E-state index contributed by atoms with van der Waals surface area (Å²) in [5, 5.41) is 0.530. The number of thiocarbonyl (C=S) groups is 1. The number of carbonyl (C=O) groups excluding carboxylic acids is 1. The van der Waals surface area contributed by atoms with Crippen molar-refractivity contribution in [3.8, 4) is 0 Å². The van der Waals surface area contributed by atoms with Gasteiger partial charge in [0.25, 0.3) is 5.91 Å². The van der Waals surface area contributed by atoms with E-state index in [-0.39, 0.29) is 5.91 Å². The van der Waals surface area contributed by atoms with Gasteiger partial charge in [0.1, 0.15) is 5.70 Å². The van der Waals surface area contributed by atoms with Gasteiger partial charge in [-0.1, -0.05) is 58.4 Å². The van der Waals surface area contributed by atoms with Gasteiger partial charge in [0.15, 0.2) is 5.11 Å². The van der Waals surface area contributed by atoms with E-state index < -0.39 is 0 Å².